The van der Waals surface area contributed by atoms with E-state index in [9.17, 15) is 4.79 Å². The van der Waals surface area contributed by atoms with Gasteiger partial charge >= 0.3 is 0 Å². The molecule has 1 unspecified atom stereocenters. The minimum absolute atomic E-state index is 0.00871. The summed E-state index contributed by atoms with van der Waals surface area (Å²) in [5.41, 5.74) is 0.865. The van der Waals surface area contributed by atoms with Gasteiger partial charge in [0, 0.05) is 11.9 Å². The van der Waals surface area contributed by atoms with Crippen molar-refractivity contribution in [3.8, 4) is 0 Å². The first-order chi connectivity index (χ1) is 7.17. The lowest BCUT2D eigenvalue weighted by Gasteiger charge is -2.09. The first kappa shape index (κ1) is 12.1. The summed E-state index contributed by atoms with van der Waals surface area (Å²) in [6.07, 6.45) is 0. The predicted molar refractivity (Wildman–Crippen MR) is 61.8 cm³/mol. The number of rotatable bonds is 4. The SMILES string of the molecule is CNC(=O)C(C)Sc1cccc(CO)c1. The molecule has 3 nitrogen and oxygen atoms in total. The number of amides is 1. The van der Waals surface area contributed by atoms with Gasteiger partial charge in [-0.2, -0.15) is 0 Å². The molecule has 0 aliphatic carbocycles. The second kappa shape index (κ2) is 5.78. The second-order valence-corrected chi connectivity index (χ2v) is 4.59. The molecule has 0 fully saturated rings. The summed E-state index contributed by atoms with van der Waals surface area (Å²) in [5, 5.41) is 11.4. The van der Waals surface area contributed by atoms with Crippen LogP contribution in [0.5, 0.6) is 0 Å². The summed E-state index contributed by atoms with van der Waals surface area (Å²) in [6.45, 7) is 1.89. The smallest absolute Gasteiger partial charge is 0.232 e. The number of carbonyl (C=O) groups excluding carboxylic acids is 1. The van der Waals surface area contributed by atoms with Gasteiger partial charge in [0.05, 0.1) is 11.9 Å². The average Bonchev–Trinajstić information content (AvgIpc) is 2.28. The van der Waals surface area contributed by atoms with E-state index in [-0.39, 0.29) is 17.8 Å². The Balaban J connectivity index is 2.67. The Morgan fingerprint density at radius 1 is 1.60 bits per heavy atom. The summed E-state index contributed by atoms with van der Waals surface area (Å²) >= 11 is 1.48. The molecule has 0 saturated carbocycles. The molecule has 1 amide bonds. The molecule has 0 saturated heterocycles. The highest BCUT2D eigenvalue weighted by molar-refractivity contribution is 8.00. The van der Waals surface area contributed by atoms with Crippen LogP contribution in [0.2, 0.25) is 0 Å². The zero-order valence-electron chi connectivity index (χ0n) is 8.86. The number of hydrogen-bond acceptors (Lipinski definition) is 3. The summed E-state index contributed by atoms with van der Waals surface area (Å²) < 4.78 is 0. The van der Waals surface area contributed by atoms with E-state index in [1.54, 1.807) is 7.05 Å². The van der Waals surface area contributed by atoms with E-state index < -0.39 is 0 Å². The monoisotopic (exact) mass is 225 g/mol. The number of aliphatic hydroxyl groups is 1. The molecule has 0 radical (unpaired) electrons. The lowest BCUT2D eigenvalue weighted by atomic mass is 10.2. The van der Waals surface area contributed by atoms with Crippen molar-refractivity contribution in [2.45, 2.75) is 23.7 Å². The third-order valence-corrected chi connectivity index (χ3v) is 3.10. The Morgan fingerprint density at radius 3 is 2.93 bits per heavy atom. The summed E-state index contributed by atoms with van der Waals surface area (Å²) in [7, 11) is 1.63. The minimum Gasteiger partial charge on any atom is -0.392 e. The standard InChI is InChI=1S/C11H15NO2S/c1-8(11(14)12-2)15-10-5-3-4-9(6-10)7-13/h3-6,8,13H,7H2,1-2H3,(H,12,14). The molecule has 1 aromatic rings. The number of benzene rings is 1. The molecule has 1 aromatic carbocycles. The molecule has 82 valence electrons. The maximum absolute atomic E-state index is 11.3. The van der Waals surface area contributed by atoms with Crippen LogP contribution in [0, 0.1) is 0 Å². The quantitative estimate of drug-likeness (QED) is 0.762. The maximum atomic E-state index is 11.3. The van der Waals surface area contributed by atoms with Crippen molar-refractivity contribution in [3.63, 3.8) is 0 Å². The van der Waals surface area contributed by atoms with Crippen molar-refractivity contribution >= 4 is 17.7 Å². The molecular formula is C11H15NO2S. The van der Waals surface area contributed by atoms with Crippen LogP contribution in [0.4, 0.5) is 0 Å². The first-order valence-electron chi connectivity index (χ1n) is 4.75. The lowest BCUT2D eigenvalue weighted by Crippen LogP contribution is -2.27. The van der Waals surface area contributed by atoms with Gasteiger partial charge in [0.25, 0.3) is 0 Å². The van der Waals surface area contributed by atoms with Gasteiger partial charge in [-0.25, -0.2) is 0 Å². The van der Waals surface area contributed by atoms with Crippen LogP contribution in [0.3, 0.4) is 0 Å². The normalized spacial score (nSPS) is 12.2. The summed E-state index contributed by atoms with van der Waals surface area (Å²) in [6, 6.07) is 7.56. The highest BCUT2D eigenvalue weighted by Crippen LogP contribution is 2.24. The Morgan fingerprint density at radius 2 is 2.33 bits per heavy atom. The molecule has 1 rings (SSSR count). The highest BCUT2D eigenvalue weighted by Gasteiger charge is 2.12. The van der Waals surface area contributed by atoms with Gasteiger partial charge in [-0.1, -0.05) is 12.1 Å². The average molecular weight is 225 g/mol. The highest BCUT2D eigenvalue weighted by atomic mass is 32.2. The van der Waals surface area contributed by atoms with Gasteiger partial charge in [0.1, 0.15) is 0 Å². The van der Waals surface area contributed by atoms with Crippen molar-refractivity contribution < 1.29 is 9.90 Å². The molecular weight excluding hydrogens is 210 g/mol. The van der Waals surface area contributed by atoms with E-state index in [2.05, 4.69) is 5.32 Å². The fourth-order valence-electron chi connectivity index (χ4n) is 1.18. The zero-order valence-corrected chi connectivity index (χ0v) is 9.67. The summed E-state index contributed by atoms with van der Waals surface area (Å²) in [4.78, 5) is 12.3. The van der Waals surface area contributed by atoms with Crippen molar-refractivity contribution in [3.05, 3.63) is 29.8 Å². The molecule has 0 aliphatic rings. The van der Waals surface area contributed by atoms with Crippen LogP contribution >= 0.6 is 11.8 Å². The molecule has 0 bridgehead atoms. The lowest BCUT2D eigenvalue weighted by molar-refractivity contribution is -0.119. The molecule has 0 heterocycles. The summed E-state index contributed by atoms with van der Waals surface area (Å²) in [5.74, 6) is 0.00871. The van der Waals surface area contributed by atoms with Crippen LogP contribution in [-0.4, -0.2) is 23.3 Å². The van der Waals surface area contributed by atoms with Gasteiger partial charge in [-0.15, -0.1) is 11.8 Å². The van der Waals surface area contributed by atoms with E-state index in [0.717, 1.165) is 10.5 Å². The van der Waals surface area contributed by atoms with E-state index in [0.29, 0.717) is 0 Å². The number of nitrogens with one attached hydrogen (secondary N) is 1. The number of thioether (sulfide) groups is 1. The van der Waals surface area contributed by atoms with E-state index in [1.807, 2.05) is 31.2 Å². The fraction of sp³-hybridized carbons (Fsp3) is 0.364. The van der Waals surface area contributed by atoms with Crippen LogP contribution in [0.25, 0.3) is 0 Å². The molecule has 0 aliphatic heterocycles. The van der Waals surface area contributed by atoms with Crippen molar-refractivity contribution in [1.29, 1.82) is 0 Å². The van der Waals surface area contributed by atoms with E-state index >= 15 is 0 Å². The molecule has 15 heavy (non-hydrogen) atoms. The van der Waals surface area contributed by atoms with Gasteiger partial charge in [0.15, 0.2) is 0 Å². The van der Waals surface area contributed by atoms with E-state index in [1.165, 1.54) is 11.8 Å². The van der Waals surface area contributed by atoms with Gasteiger partial charge in [-0.05, 0) is 24.6 Å². The largest absolute Gasteiger partial charge is 0.392 e. The van der Waals surface area contributed by atoms with E-state index in [4.69, 9.17) is 5.11 Å². The third-order valence-electron chi connectivity index (χ3n) is 2.01. The van der Waals surface area contributed by atoms with Gasteiger partial charge in [0.2, 0.25) is 5.91 Å². The molecule has 0 aromatic heterocycles. The second-order valence-electron chi connectivity index (χ2n) is 3.18. The molecule has 4 heteroatoms. The van der Waals surface area contributed by atoms with Crippen molar-refractivity contribution in [2.24, 2.45) is 0 Å². The first-order valence-corrected chi connectivity index (χ1v) is 5.63. The van der Waals surface area contributed by atoms with Gasteiger partial charge in [-0.3, -0.25) is 4.79 Å². The Kier molecular flexibility index (Phi) is 4.65. The minimum atomic E-state index is -0.121. The fourth-order valence-corrected chi connectivity index (χ4v) is 2.19. The molecule has 0 spiro atoms. The third kappa shape index (κ3) is 3.57. The topological polar surface area (TPSA) is 49.3 Å². The molecule has 2 N–H and O–H groups in total. The van der Waals surface area contributed by atoms with Crippen LogP contribution in [0.1, 0.15) is 12.5 Å². The molecule has 1 atom stereocenters. The number of aliphatic hydroxyl groups excluding tert-OH is 1. The van der Waals surface area contributed by atoms with Crippen LogP contribution in [-0.2, 0) is 11.4 Å². The Bertz CT molecular complexity index is 341. The van der Waals surface area contributed by atoms with Crippen LogP contribution in [0.15, 0.2) is 29.2 Å². The number of hydrogen-bond donors (Lipinski definition) is 2. The predicted octanol–water partition coefficient (Wildman–Crippen LogP) is 1.41. The van der Waals surface area contributed by atoms with Crippen molar-refractivity contribution in [1.82, 2.24) is 5.32 Å². The Labute approximate surface area is 93.9 Å². The van der Waals surface area contributed by atoms with Crippen LogP contribution < -0.4 is 5.32 Å². The number of carbonyl (C=O) groups is 1. The van der Waals surface area contributed by atoms with Gasteiger partial charge < -0.3 is 10.4 Å². The zero-order chi connectivity index (χ0) is 11.3. The van der Waals surface area contributed by atoms with Crippen molar-refractivity contribution in [2.75, 3.05) is 7.05 Å². The Hall–Kier alpha value is -1.00. The maximum Gasteiger partial charge on any atom is 0.232 e.